The van der Waals surface area contributed by atoms with Crippen molar-refractivity contribution in [1.82, 2.24) is 0 Å². The first-order chi connectivity index (χ1) is 13.6. The molecular formula is C24H27NO3. The summed E-state index contributed by atoms with van der Waals surface area (Å²) in [6.45, 7) is 4.54. The van der Waals surface area contributed by atoms with Crippen molar-refractivity contribution in [2.45, 2.75) is 39.5 Å². The van der Waals surface area contributed by atoms with E-state index < -0.39 is 5.97 Å². The molecule has 0 spiro atoms. The topological polar surface area (TPSA) is 70.3 Å². The van der Waals surface area contributed by atoms with E-state index in [0.717, 1.165) is 31.2 Å². The van der Waals surface area contributed by atoms with Crippen molar-refractivity contribution in [3.63, 3.8) is 0 Å². The van der Waals surface area contributed by atoms with E-state index in [-0.39, 0.29) is 11.3 Å². The van der Waals surface area contributed by atoms with Crippen molar-refractivity contribution >= 4 is 11.5 Å². The van der Waals surface area contributed by atoms with Crippen LogP contribution in [0.15, 0.2) is 60.2 Å². The van der Waals surface area contributed by atoms with Crippen molar-refractivity contribution in [1.29, 1.82) is 5.26 Å². The van der Waals surface area contributed by atoms with E-state index in [2.05, 4.69) is 13.8 Å². The minimum absolute atomic E-state index is 0.0257. The lowest BCUT2D eigenvalue weighted by atomic mass is 9.93. The van der Waals surface area contributed by atoms with Crippen LogP contribution >= 0.6 is 0 Å². The minimum atomic E-state index is -0.607. The maximum atomic E-state index is 12.8. The largest absolute Gasteiger partial charge is 0.508 e. The normalized spacial score (nSPS) is 12.6. The molecule has 4 heteroatoms. The van der Waals surface area contributed by atoms with Crippen LogP contribution in [0.4, 0.5) is 0 Å². The van der Waals surface area contributed by atoms with Crippen molar-refractivity contribution in [3.05, 3.63) is 71.3 Å². The van der Waals surface area contributed by atoms with Gasteiger partial charge in [-0.05, 0) is 35.6 Å². The number of hydrogen-bond acceptors (Lipinski definition) is 4. The number of aromatic hydroxyl groups is 1. The molecule has 1 N–H and O–H groups in total. The second-order valence-electron chi connectivity index (χ2n) is 6.79. The number of phenols is 1. The SMILES string of the molecule is CCCCC(CC)COC(=O)/C(C#N)=C(/c1ccccc1)c1ccc(O)cc1. The van der Waals surface area contributed by atoms with Gasteiger partial charge in [-0.3, -0.25) is 0 Å². The average molecular weight is 377 g/mol. The first kappa shape index (κ1) is 21.2. The first-order valence-electron chi connectivity index (χ1n) is 9.77. The number of hydrogen-bond donors (Lipinski definition) is 1. The van der Waals surface area contributed by atoms with Gasteiger partial charge in [-0.15, -0.1) is 0 Å². The Kier molecular flexibility index (Phi) is 8.30. The van der Waals surface area contributed by atoms with Crippen LogP contribution in [-0.4, -0.2) is 17.7 Å². The van der Waals surface area contributed by atoms with E-state index in [4.69, 9.17) is 4.74 Å². The Bertz CT molecular complexity index is 832. The lowest BCUT2D eigenvalue weighted by Crippen LogP contribution is -2.16. The smallest absolute Gasteiger partial charge is 0.349 e. The number of carbonyl (C=O) groups excluding carboxylic acids is 1. The molecule has 28 heavy (non-hydrogen) atoms. The molecule has 2 aromatic carbocycles. The highest BCUT2D eigenvalue weighted by molar-refractivity contribution is 6.05. The Morgan fingerprint density at radius 3 is 2.29 bits per heavy atom. The van der Waals surface area contributed by atoms with E-state index in [9.17, 15) is 15.2 Å². The van der Waals surface area contributed by atoms with Crippen molar-refractivity contribution in [2.24, 2.45) is 5.92 Å². The fourth-order valence-electron chi connectivity index (χ4n) is 3.06. The highest BCUT2D eigenvalue weighted by Gasteiger charge is 2.21. The molecule has 0 aliphatic heterocycles. The van der Waals surface area contributed by atoms with Crippen LogP contribution in [0.25, 0.3) is 5.57 Å². The summed E-state index contributed by atoms with van der Waals surface area (Å²) in [5.74, 6) is -0.180. The molecule has 0 saturated carbocycles. The highest BCUT2D eigenvalue weighted by Crippen LogP contribution is 2.29. The molecule has 2 rings (SSSR count). The molecule has 0 amide bonds. The quantitative estimate of drug-likeness (QED) is 0.357. The summed E-state index contributed by atoms with van der Waals surface area (Å²) in [7, 11) is 0. The van der Waals surface area contributed by atoms with Gasteiger partial charge in [0, 0.05) is 5.57 Å². The Morgan fingerprint density at radius 1 is 1.07 bits per heavy atom. The van der Waals surface area contributed by atoms with Crippen molar-refractivity contribution in [3.8, 4) is 11.8 Å². The number of carbonyl (C=O) groups is 1. The standard InChI is InChI=1S/C24H27NO3/c1-3-5-9-18(4-2)17-28-24(27)22(16-25)23(19-10-7-6-8-11-19)20-12-14-21(26)15-13-20/h6-8,10-15,18,26H,3-5,9,17H2,1-2H3/b23-22-. The molecule has 0 radical (unpaired) electrons. The van der Waals surface area contributed by atoms with Crippen LogP contribution in [0, 0.1) is 17.2 Å². The molecule has 0 heterocycles. The Morgan fingerprint density at radius 2 is 1.71 bits per heavy atom. The van der Waals surface area contributed by atoms with Gasteiger partial charge >= 0.3 is 5.97 Å². The van der Waals surface area contributed by atoms with Crippen LogP contribution in [-0.2, 0) is 9.53 Å². The molecule has 1 atom stereocenters. The summed E-state index contributed by atoms with van der Waals surface area (Å²) in [6, 6.07) is 17.8. The molecule has 0 aromatic heterocycles. The average Bonchev–Trinajstić information content (AvgIpc) is 2.73. The summed E-state index contributed by atoms with van der Waals surface area (Å²) >= 11 is 0. The maximum Gasteiger partial charge on any atom is 0.349 e. The third-order valence-electron chi connectivity index (χ3n) is 4.78. The van der Waals surface area contributed by atoms with E-state index in [1.54, 1.807) is 12.1 Å². The van der Waals surface area contributed by atoms with Gasteiger partial charge in [0.25, 0.3) is 0 Å². The van der Waals surface area contributed by atoms with Gasteiger partial charge in [-0.2, -0.15) is 5.26 Å². The summed E-state index contributed by atoms with van der Waals surface area (Å²) in [5, 5.41) is 19.3. The number of unbranched alkanes of at least 4 members (excludes halogenated alkanes) is 1. The lowest BCUT2D eigenvalue weighted by molar-refractivity contribution is -0.139. The molecule has 2 aromatic rings. The molecule has 146 valence electrons. The third-order valence-corrected chi connectivity index (χ3v) is 4.78. The molecule has 0 aliphatic rings. The predicted molar refractivity (Wildman–Crippen MR) is 110 cm³/mol. The lowest BCUT2D eigenvalue weighted by Gasteiger charge is -2.16. The van der Waals surface area contributed by atoms with Crippen LogP contribution in [0.5, 0.6) is 5.75 Å². The van der Waals surface area contributed by atoms with E-state index in [1.807, 2.05) is 36.4 Å². The zero-order valence-corrected chi connectivity index (χ0v) is 16.5. The molecule has 0 saturated heterocycles. The molecule has 1 unspecified atom stereocenters. The van der Waals surface area contributed by atoms with Crippen molar-refractivity contribution in [2.75, 3.05) is 6.61 Å². The van der Waals surface area contributed by atoms with Gasteiger partial charge in [-0.1, -0.05) is 75.6 Å². The number of rotatable bonds is 9. The molecule has 4 nitrogen and oxygen atoms in total. The highest BCUT2D eigenvalue weighted by atomic mass is 16.5. The Hall–Kier alpha value is -3.06. The summed E-state index contributed by atoms with van der Waals surface area (Å²) in [4.78, 5) is 12.8. The number of ether oxygens (including phenoxy) is 1. The van der Waals surface area contributed by atoms with Crippen LogP contribution in [0.2, 0.25) is 0 Å². The zero-order valence-electron chi connectivity index (χ0n) is 16.5. The third kappa shape index (κ3) is 5.72. The van der Waals surface area contributed by atoms with Gasteiger partial charge in [0.1, 0.15) is 17.4 Å². The number of benzene rings is 2. The van der Waals surface area contributed by atoms with Crippen LogP contribution in [0.3, 0.4) is 0 Å². The summed E-state index contributed by atoms with van der Waals surface area (Å²) in [6.07, 6.45) is 4.14. The van der Waals surface area contributed by atoms with Crippen molar-refractivity contribution < 1.29 is 14.6 Å². The van der Waals surface area contributed by atoms with Crippen LogP contribution < -0.4 is 0 Å². The minimum Gasteiger partial charge on any atom is -0.508 e. The van der Waals surface area contributed by atoms with Crippen LogP contribution in [0.1, 0.15) is 50.7 Å². The van der Waals surface area contributed by atoms with E-state index in [0.29, 0.717) is 23.7 Å². The second-order valence-corrected chi connectivity index (χ2v) is 6.79. The summed E-state index contributed by atoms with van der Waals surface area (Å²) in [5.41, 5.74) is 1.91. The monoisotopic (exact) mass is 377 g/mol. The second kappa shape index (κ2) is 10.9. The Balaban J connectivity index is 2.37. The number of phenolic OH excluding ortho intramolecular Hbond substituents is 1. The fourth-order valence-corrected chi connectivity index (χ4v) is 3.06. The molecule has 0 fully saturated rings. The molecule has 0 bridgehead atoms. The van der Waals surface area contributed by atoms with Gasteiger partial charge < -0.3 is 9.84 Å². The zero-order chi connectivity index (χ0) is 20.4. The van der Waals surface area contributed by atoms with E-state index >= 15 is 0 Å². The first-order valence-corrected chi connectivity index (χ1v) is 9.77. The Labute approximate surface area is 167 Å². The fraction of sp³-hybridized carbons (Fsp3) is 0.333. The maximum absolute atomic E-state index is 12.8. The summed E-state index contributed by atoms with van der Waals surface area (Å²) < 4.78 is 5.52. The molecular weight excluding hydrogens is 350 g/mol. The van der Waals surface area contributed by atoms with E-state index in [1.165, 1.54) is 12.1 Å². The van der Waals surface area contributed by atoms with Gasteiger partial charge in [0.2, 0.25) is 0 Å². The molecule has 0 aliphatic carbocycles. The van der Waals surface area contributed by atoms with Gasteiger partial charge in [0.05, 0.1) is 6.61 Å². The number of esters is 1. The predicted octanol–water partition coefficient (Wildman–Crippen LogP) is 5.48. The van der Waals surface area contributed by atoms with Gasteiger partial charge in [-0.25, -0.2) is 4.79 Å². The number of nitriles is 1. The van der Waals surface area contributed by atoms with Gasteiger partial charge in [0.15, 0.2) is 0 Å². The number of nitrogens with zero attached hydrogens (tertiary/aromatic N) is 1.